The van der Waals surface area contributed by atoms with Crippen molar-refractivity contribution in [3.05, 3.63) is 46.0 Å². The number of halogens is 2. The van der Waals surface area contributed by atoms with E-state index < -0.39 is 23.6 Å². The first kappa shape index (κ1) is 21.8. The Hall–Kier alpha value is -2.51. The van der Waals surface area contributed by atoms with E-state index in [1.54, 1.807) is 0 Å². The first-order valence-electron chi connectivity index (χ1n) is 8.42. The van der Waals surface area contributed by atoms with Gasteiger partial charge in [0, 0.05) is 6.42 Å². The van der Waals surface area contributed by atoms with Crippen LogP contribution in [0.2, 0.25) is 10.0 Å². The van der Waals surface area contributed by atoms with Crippen molar-refractivity contribution >= 4 is 40.8 Å². The van der Waals surface area contributed by atoms with Crippen molar-refractivity contribution in [1.29, 1.82) is 5.41 Å². The number of hydrogen-bond acceptors (Lipinski definition) is 5. The third kappa shape index (κ3) is 5.27. The van der Waals surface area contributed by atoms with Gasteiger partial charge in [-0.05, 0) is 30.4 Å². The summed E-state index contributed by atoms with van der Waals surface area (Å²) in [6.45, 7) is 0. The second-order valence-corrected chi connectivity index (χ2v) is 7.03. The van der Waals surface area contributed by atoms with Crippen molar-refractivity contribution in [2.24, 2.45) is 5.92 Å². The van der Waals surface area contributed by atoms with E-state index in [0.29, 0.717) is 12.0 Å². The molecule has 2 unspecified atom stereocenters. The van der Waals surface area contributed by atoms with Crippen LogP contribution in [0.1, 0.15) is 18.4 Å². The van der Waals surface area contributed by atoms with Crippen LogP contribution in [0, 0.1) is 11.3 Å². The minimum atomic E-state index is -1.17. The van der Waals surface area contributed by atoms with Crippen LogP contribution in [-0.2, 0) is 16.0 Å². The van der Waals surface area contributed by atoms with Crippen LogP contribution in [0.15, 0.2) is 30.4 Å². The molecule has 4 N–H and O–H groups in total. The van der Waals surface area contributed by atoms with Crippen molar-refractivity contribution in [1.82, 2.24) is 5.32 Å². The fourth-order valence-corrected chi connectivity index (χ4v) is 3.20. The van der Waals surface area contributed by atoms with Gasteiger partial charge in [-0.1, -0.05) is 47.5 Å². The summed E-state index contributed by atoms with van der Waals surface area (Å²) in [4.78, 5) is 23.8. The maximum absolute atomic E-state index is 12.3. The van der Waals surface area contributed by atoms with Gasteiger partial charge >= 0.3 is 5.97 Å². The molecular formula is C19H20Cl2N2O5. The predicted molar refractivity (Wildman–Crippen MR) is 107 cm³/mol. The normalized spacial score (nSPS) is 16.5. The smallest absolute Gasteiger partial charge is 0.326 e. The van der Waals surface area contributed by atoms with E-state index in [0.717, 1.165) is 0 Å². The number of aliphatic carboxylic acids is 1. The maximum Gasteiger partial charge on any atom is 0.326 e. The minimum absolute atomic E-state index is 0.00445. The monoisotopic (exact) mass is 426 g/mol. The standard InChI is InChI=1S/C19H20Cl2N2O5/c1-28-14-9-11(15(20)16(21)17(14)24)8-12(22)18(25)23-13(19(26)27)7-10-5-3-2-4-6-10/h2-5,9-10,13,22,24H,6-8H2,1H3,(H,23,25)(H,26,27). The Balaban J connectivity index is 2.08. The van der Waals surface area contributed by atoms with Crippen LogP contribution in [-0.4, -0.2) is 41.0 Å². The molecule has 1 aliphatic carbocycles. The van der Waals surface area contributed by atoms with Crippen LogP contribution < -0.4 is 10.1 Å². The third-order valence-corrected chi connectivity index (χ3v) is 5.19. The van der Waals surface area contributed by atoms with Gasteiger partial charge in [-0.3, -0.25) is 10.2 Å². The number of carboxylic acids is 1. The van der Waals surface area contributed by atoms with Gasteiger partial charge in [0.05, 0.1) is 12.1 Å². The molecule has 0 aromatic heterocycles. The maximum atomic E-state index is 12.3. The van der Waals surface area contributed by atoms with Crippen LogP contribution in [0.4, 0.5) is 0 Å². The lowest BCUT2D eigenvalue weighted by molar-refractivity contribution is -0.141. The number of carboxylic acid groups (broad SMARTS) is 1. The summed E-state index contributed by atoms with van der Waals surface area (Å²) in [6.07, 6.45) is 8.22. The lowest BCUT2D eigenvalue weighted by Gasteiger charge is -2.20. The molecule has 9 heteroatoms. The van der Waals surface area contributed by atoms with Gasteiger partial charge in [0.25, 0.3) is 5.91 Å². The lowest BCUT2D eigenvalue weighted by Crippen LogP contribution is -2.45. The van der Waals surface area contributed by atoms with Gasteiger partial charge in [-0.25, -0.2) is 4.79 Å². The summed E-state index contributed by atoms with van der Waals surface area (Å²) in [5.41, 5.74) is -0.0928. The number of phenols is 1. The Morgan fingerprint density at radius 3 is 2.64 bits per heavy atom. The van der Waals surface area contributed by atoms with E-state index in [1.165, 1.54) is 13.2 Å². The molecule has 1 aromatic carbocycles. The quantitative estimate of drug-likeness (QED) is 0.475. The Labute approximate surface area is 172 Å². The number of phenolic OH excluding ortho intramolecular Hbond substituents is 1. The molecule has 7 nitrogen and oxygen atoms in total. The Morgan fingerprint density at radius 2 is 2.07 bits per heavy atom. The van der Waals surface area contributed by atoms with Crippen molar-refractivity contribution < 1.29 is 24.5 Å². The number of amides is 1. The van der Waals surface area contributed by atoms with Gasteiger partial charge in [0.15, 0.2) is 11.5 Å². The number of allylic oxidation sites excluding steroid dienone is 4. The zero-order chi connectivity index (χ0) is 20.8. The molecule has 0 bridgehead atoms. The molecular weight excluding hydrogens is 407 g/mol. The second kappa shape index (κ2) is 9.61. The molecule has 28 heavy (non-hydrogen) atoms. The number of carbonyl (C=O) groups excluding carboxylic acids is 1. The van der Waals surface area contributed by atoms with Gasteiger partial charge in [0.2, 0.25) is 0 Å². The van der Waals surface area contributed by atoms with Crippen molar-refractivity contribution in [3.8, 4) is 11.5 Å². The largest absolute Gasteiger partial charge is 0.503 e. The molecule has 150 valence electrons. The van der Waals surface area contributed by atoms with Crippen molar-refractivity contribution in [2.75, 3.05) is 7.11 Å². The van der Waals surface area contributed by atoms with Gasteiger partial charge in [0.1, 0.15) is 16.8 Å². The highest BCUT2D eigenvalue weighted by Gasteiger charge is 2.26. The first-order chi connectivity index (χ1) is 13.2. The highest BCUT2D eigenvalue weighted by Crippen LogP contribution is 2.41. The summed E-state index contributed by atoms with van der Waals surface area (Å²) in [7, 11) is 1.33. The van der Waals surface area contributed by atoms with Gasteiger partial charge in [-0.15, -0.1) is 0 Å². The van der Waals surface area contributed by atoms with E-state index in [2.05, 4.69) is 5.32 Å². The molecule has 0 saturated heterocycles. The van der Waals surface area contributed by atoms with Crippen LogP contribution in [0.3, 0.4) is 0 Å². The molecule has 2 atom stereocenters. The summed E-state index contributed by atoms with van der Waals surface area (Å²) in [5, 5.41) is 29.4. The summed E-state index contributed by atoms with van der Waals surface area (Å²) >= 11 is 12.0. The van der Waals surface area contributed by atoms with Crippen LogP contribution in [0.5, 0.6) is 11.5 Å². The fourth-order valence-electron chi connectivity index (χ4n) is 2.77. The van der Waals surface area contributed by atoms with E-state index in [-0.39, 0.29) is 40.3 Å². The van der Waals surface area contributed by atoms with Crippen molar-refractivity contribution in [3.63, 3.8) is 0 Å². The number of ether oxygens (including phenoxy) is 1. The molecule has 1 aliphatic rings. The van der Waals surface area contributed by atoms with E-state index >= 15 is 0 Å². The molecule has 1 amide bonds. The number of nitrogens with one attached hydrogen (secondary N) is 2. The first-order valence-corrected chi connectivity index (χ1v) is 9.18. The summed E-state index contributed by atoms with van der Waals surface area (Å²) in [6, 6.07) is 0.251. The zero-order valence-corrected chi connectivity index (χ0v) is 16.5. The van der Waals surface area contributed by atoms with E-state index in [1.807, 2.05) is 24.3 Å². The Bertz CT molecular complexity index is 851. The molecule has 1 aromatic rings. The number of carbonyl (C=O) groups is 2. The van der Waals surface area contributed by atoms with E-state index in [9.17, 15) is 19.8 Å². The minimum Gasteiger partial charge on any atom is -0.503 e. The molecule has 0 aliphatic heterocycles. The number of aromatic hydroxyl groups is 1. The molecule has 0 saturated carbocycles. The van der Waals surface area contributed by atoms with Crippen molar-refractivity contribution in [2.45, 2.75) is 25.3 Å². The number of benzene rings is 1. The second-order valence-electron chi connectivity index (χ2n) is 6.28. The number of rotatable bonds is 8. The molecule has 2 rings (SSSR count). The highest BCUT2D eigenvalue weighted by molar-refractivity contribution is 6.44. The van der Waals surface area contributed by atoms with Crippen LogP contribution >= 0.6 is 23.2 Å². The van der Waals surface area contributed by atoms with E-state index in [4.69, 9.17) is 33.3 Å². The predicted octanol–water partition coefficient (Wildman–Crippen LogP) is 3.36. The molecule has 0 spiro atoms. The fraction of sp³-hybridized carbons (Fsp3) is 0.316. The van der Waals surface area contributed by atoms with Gasteiger partial charge < -0.3 is 20.3 Å². The van der Waals surface area contributed by atoms with Crippen LogP contribution in [0.25, 0.3) is 0 Å². The molecule has 0 fully saturated rings. The summed E-state index contributed by atoms with van der Waals surface area (Å²) < 4.78 is 4.99. The average molecular weight is 427 g/mol. The molecule has 0 radical (unpaired) electrons. The Kier molecular flexibility index (Phi) is 7.48. The highest BCUT2D eigenvalue weighted by atomic mass is 35.5. The summed E-state index contributed by atoms with van der Waals surface area (Å²) in [5.74, 6) is -2.28. The lowest BCUT2D eigenvalue weighted by atomic mass is 9.93. The SMILES string of the molecule is COc1cc(CC(=N)C(=O)NC(CC2C=CC=CC2)C(=O)O)c(Cl)c(Cl)c1O. The molecule has 0 heterocycles. The van der Waals surface area contributed by atoms with Gasteiger partial charge in [-0.2, -0.15) is 0 Å². The zero-order valence-electron chi connectivity index (χ0n) is 15.0. The number of methoxy groups -OCH3 is 1. The third-order valence-electron chi connectivity index (χ3n) is 4.29. The number of hydrogen-bond donors (Lipinski definition) is 4. The topological polar surface area (TPSA) is 120 Å². The Morgan fingerprint density at radius 1 is 1.36 bits per heavy atom. The average Bonchev–Trinajstić information content (AvgIpc) is 2.68.